The summed E-state index contributed by atoms with van der Waals surface area (Å²) in [7, 11) is 1.55. The molecule has 1 heterocycles. The molecule has 2 N–H and O–H groups in total. The molecule has 7 nitrogen and oxygen atoms in total. The Bertz CT molecular complexity index is 1030. The SMILES string of the molecule is C.COc1ccc(-n2nnn[n+]2C(F)(F)F)cc1CC1CCCC(N)C1c1ccccc1.Cl. The monoisotopic (exact) mass is 485 g/mol. The van der Waals surface area contributed by atoms with Gasteiger partial charge in [0, 0.05) is 21.6 Å². The van der Waals surface area contributed by atoms with E-state index in [-0.39, 0.29) is 48.2 Å². The highest BCUT2D eigenvalue weighted by atomic mass is 35.5. The van der Waals surface area contributed by atoms with Crippen LogP contribution in [0.1, 0.15) is 43.7 Å². The topological polar surface area (TPSA) is 82.7 Å². The molecule has 3 aromatic rings. The summed E-state index contributed by atoms with van der Waals surface area (Å²) in [6, 6.07) is 15.0. The van der Waals surface area contributed by atoms with Gasteiger partial charge in [-0.1, -0.05) is 44.2 Å². The zero-order valence-corrected chi connectivity index (χ0v) is 18.3. The number of nitrogens with zero attached hydrogens (tertiary/aromatic N) is 5. The molecule has 1 fully saturated rings. The van der Waals surface area contributed by atoms with Gasteiger partial charge in [0.2, 0.25) is 10.4 Å². The van der Waals surface area contributed by atoms with Crippen LogP contribution in [-0.2, 0) is 12.7 Å². The van der Waals surface area contributed by atoms with Crippen LogP contribution in [0, 0.1) is 5.92 Å². The van der Waals surface area contributed by atoms with Crippen LogP contribution in [0.5, 0.6) is 5.75 Å². The van der Waals surface area contributed by atoms with E-state index in [0.29, 0.717) is 17.0 Å². The molecule has 0 amide bonds. The molecule has 0 spiro atoms. The number of nitrogens with two attached hydrogens (primary N) is 1. The normalized spacial score (nSPS) is 20.5. The summed E-state index contributed by atoms with van der Waals surface area (Å²) >= 11 is 0. The van der Waals surface area contributed by atoms with E-state index in [9.17, 15) is 13.2 Å². The van der Waals surface area contributed by atoms with Crippen LogP contribution in [0.15, 0.2) is 48.5 Å². The second kappa shape index (κ2) is 10.9. The molecule has 33 heavy (non-hydrogen) atoms. The van der Waals surface area contributed by atoms with Crippen molar-refractivity contribution in [3.05, 3.63) is 59.7 Å². The van der Waals surface area contributed by atoms with Crippen molar-refractivity contribution in [2.24, 2.45) is 11.7 Å². The smallest absolute Gasteiger partial charge is 0.496 e. The van der Waals surface area contributed by atoms with Gasteiger partial charge in [0.15, 0.2) is 0 Å². The van der Waals surface area contributed by atoms with Crippen molar-refractivity contribution in [1.29, 1.82) is 0 Å². The van der Waals surface area contributed by atoms with Crippen LogP contribution in [0.2, 0.25) is 0 Å². The predicted molar refractivity (Wildman–Crippen MR) is 119 cm³/mol. The van der Waals surface area contributed by atoms with Gasteiger partial charge in [-0.15, -0.1) is 25.6 Å². The largest absolute Gasteiger partial charge is 0.580 e. The van der Waals surface area contributed by atoms with E-state index < -0.39 is 6.30 Å². The number of rotatable bonds is 5. The lowest BCUT2D eigenvalue weighted by Crippen LogP contribution is -2.56. The summed E-state index contributed by atoms with van der Waals surface area (Å²) < 4.78 is 45.2. The zero-order valence-electron chi connectivity index (χ0n) is 17.4. The second-order valence-electron chi connectivity index (χ2n) is 7.81. The number of alkyl halides is 3. The van der Waals surface area contributed by atoms with E-state index in [0.717, 1.165) is 24.8 Å². The van der Waals surface area contributed by atoms with E-state index in [1.807, 2.05) is 18.2 Å². The summed E-state index contributed by atoms with van der Waals surface area (Å²) in [5.41, 5.74) is 8.69. The molecule has 0 radical (unpaired) electrons. The maximum absolute atomic E-state index is 13.2. The van der Waals surface area contributed by atoms with Crippen molar-refractivity contribution in [2.75, 3.05) is 7.11 Å². The Kier molecular flexibility index (Phi) is 8.79. The third kappa shape index (κ3) is 5.62. The third-order valence-electron chi connectivity index (χ3n) is 5.90. The molecule has 0 saturated heterocycles. The Hall–Kier alpha value is -2.72. The first kappa shape index (κ1) is 26.5. The van der Waals surface area contributed by atoms with E-state index in [1.165, 1.54) is 11.6 Å². The average Bonchev–Trinajstić information content (AvgIpc) is 3.25. The van der Waals surface area contributed by atoms with Crippen molar-refractivity contribution < 1.29 is 22.7 Å². The van der Waals surface area contributed by atoms with Crippen LogP contribution in [0.4, 0.5) is 13.2 Å². The fraction of sp³-hybridized carbons (Fsp3) is 0.455. The van der Waals surface area contributed by atoms with Crippen LogP contribution in [0.3, 0.4) is 0 Å². The molecule has 180 valence electrons. The van der Waals surface area contributed by atoms with Gasteiger partial charge in [-0.3, -0.25) is 0 Å². The molecule has 1 saturated carbocycles. The van der Waals surface area contributed by atoms with Crippen molar-refractivity contribution in [1.82, 2.24) is 20.4 Å². The van der Waals surface area contributed by atoms with Crippen LogP contribution >= 0.6 is 12.4 Å². The molecule has 1 aromatic heterocycles. The van der Waals surface area contributed by atoms with Gasteiger partial charge < -0.3 is 10.5 Å². The Morgan fingerprint density at radius 3 is 2.55 bits per heavy atom. The number of halogens is 4. The van der Waals surface area contributed by atoms with Gasteiger partial charge in [0.1, 0.15) is 16.7 Å². The number of benzene rings is 2. The second-order valence-corrected chi connectivity index (χ2v) is 7.81. The highest BCUT2D eigenvalue weighted by Crippen LogP contribution is 2.40. The minimum Gasteiger partial charge on any atom is -0.496 e. The fourth-order valence-electron chi connectivity index (χ4n) is 4.57. The summed E-state index contributed by atoms with van der Waals surface area (Å²) in [5.74, 6) is 1.01. The van der Waals surface area contributed by atoms with Gasteiger partial charge in [0.05, 0.1) is 7.11 Å². The molecule has 0 bridgehead atoms. The zero-order chi connectivity index (χ0) is 22.0. The van der Waals surface area contributed by atoms with Gasteiger partial charge in [0.25, 0.3) is 0 Å². The Balaban J connectivity index is 0.00000193. The number of hydrogen-bond donors (Lipinski definition) is 1. The summed E-state index contributed by atoms with van der Waals surface area (Å²) in [4.78, 5) is 0.423. The van der Waals surface area contributed by atoms with Crippen LogP contribution < -0.4 is 15.3 Å². The Morgan fingerprint density at radius 2 is 1.88 bits per heavy atom. The minimum atomic E-state index is -4.74. The van der Waals surface area contributed by atoms with Gasteiger partial charge in [-0.25, -0.2) is 0 Å². The molecular weight excluding hydrogens is 457 g/mol. The molecule has 2 aromatic carbocycles. The summed E-state index contributed by atoms with van der Waals surface area (Å²) in [5, 5.41) is 9.74. The van der Waals surface area contributed by atoms with E-state index >= 15 is 0 Å². The van der Waals surface area contributed by atoms with Crippen LogP contribution in [-0.4, -0.2) is 33.6 Å². The maximum Gasteiger partial charge on any atom is 0.580 e. The molecule has 1 aliphatic carbocycles. The quantitative estimate of drug-likeness (QED) is 0.553. The van der Waals surface area contributed by atoms with Crippen molar-refractivity contribution in [3.8, 4) is 11.4 Å². The lowest BCUT2D eigenvalue weighted by molar-refractivity contribution is -0.948. The Labute approximate surface area is 197 Å². The average molecular weight is 486 g/mol. The highest BCUT2D eigenvalue weighted by Gasteiger charge is 2.43. The summed E-state index contributed by atoms with van der Waals surface area (Å²) in [6.45, 7) is 0. The molecule has 1 aliphatic rings. The lowest BCUT2D eigenvalue weighted by atomic mass is 9.70. The van der Waals surface area contributed by atoms with Crippen molar-refractivity contribution >= 4 is 12.4 Å². The first-order chi connectivity index (χ1) is 14.9. The van der Waals surface area contributed by atoms with E-state index in [1.54, 1.807) is 19.2 Å². The van der Waals surface area contributed by atoms with E-state index in [4.69, 9.17) is 10.5 Å². The van der Waals surface area contributed by atoms with Crippen molar-refractivity contribution in [2.45, 2.75) is 51.4 Å². The highest BCUT2D eigenvalue weighted by molar-refractivity contribution is 5.85. The van der Waals surface area contributed by atoms with Crippen molar-refractivity contribution in [3.63, 3.8) is 0 Å². The number of methoxy groups -OCH3 is 1. The van der Waals surface area contributed by atoms with Crippen LogP contribution in [0.25, 0.3) is 5.69 Å². The fourth-order valence-corrected chi connectivity index (χ4v) is 4.57. The Morgan fingerprint density at radius 1 is 1.15 bits per heavy atom. The number of aromatic nitrogens is 5. The van der Waals surface area contributed by atoms with E-state index in [2.05, 4.69) is 27.8 Å². The van der Waals surface area contributed by atoms with Gasteiger partial charge >= 0.3 is 6.30 Å². The predicted octanol–water partition coefficient (Wildman–Crippen LogP) is 3.95. The van der Waals surface area contributed by atoms with Gasteiger partial charge in [-0.05, 0) is 54.5 Å². The lowest BCUT2D eigenvalue weighted by Gasteiger charge is -2.37. The minimum absolute atomic E-state index is 0. The third-order valence-corrected chi connectivity index (χ3v) is 5.90. The molecule has 11 heteroatoms. The summed E-state index contributed by atoms with van der Waals surface area (Å²) in [6.07, 6.45) is -1.17. The standard InChI is InChI=1S/C21H24F3N6O.CH4.ClH/c1-31-19-11-10-17(29-27-26-28-30(29)21(22,23)24)13-16(19)12-15-8-5-9-18(25)20(15)14-6-3-2-4-7-14;;/h2-4,6-7,10-11,13,15,18,20H,5,8-9,12,25H2,1H3;1H4;1H/q+1;;. The number of ether oxygens (including phenoxy) is 1. The molecule has 0 aliphatic heterocycles. The molecular formula is C22H29ClF3N6O+. The van der Waals surface area contributed by atoms with Gasteiger partial charge in [-0.2, -0.15) is 0 Å². The molecule has 4 rings (SSSR count). The molecule has 3 atom stereocenters. The molecule has 3 unspecified atom stereocenters. The maximum atomic E-state index is 13.2. The number of hydrogen-bond acceptors (Lipinski definition) is 5. The first-order valence-electron chi connectivity index (χ1n) is 10.1. The first-order valence-corrected chi connectivity index (χ1v) is 10.1.